The van der Waals surface area contributed by atoms with Crippen LogP contribution in [-0.4, -0.2) is 29.6 Å². The summed E-state index contributed by atoms with van der Waals surface area (Å²) in [6, 6.07) is 0. The summed E-state index contributed by atoms with van der Waals surface area (Å²) in [5, 5.41) is 8.16. The molecule has 0 saturated heterocycles. The van der Waals surface area contributed by atoms with Crippen LogP contribution in [0.2, 0.25) is 0 Å². The second kappa shape index (κ2) is 29.6. The summed E-state index contributed by atoms with van der Waals surface area (Å²) >= 11 is 0. The van der Waals surface area contributed by atoms with Gasteiger partial charge in [-0.15, -0.1) is 0 Å². The molecule has 31 heavy (non-hydrogen) atoms. The zero-order valence-electron chi connectivity index (χ0n) is 21.8. The number of carboxylic acids is 1. The van der Waals surface area contributed by atoms with Crippen molar-refractivity contribution in [3.63, 3.8) is 0 Å². The molecule has 0 heterocycles. The first-order valence-electron chi connectivity index (χ1n) is 12.0. The number of hydrogen-bond acceptors (Lipinski definition) is 4. The summed E-state index contributed by atoms with van der Waals surface area (Å²) in [5.74, 6) is -1.08. The van der Waals surface area contributed by atoms with Crippen LogP contribution in [0.1, 0.15) is 119 Å². The standard InChI is InChI=1S/C18H35NO.C6H13NO3.Na.H/c1-2-3-4-5-6-7-8-9-10-11-12-13-14-15-16-17-18(19)20;1-3-5(2)10-7-4-6(8)9;;/h9-10H,2-8,11-17H2,1H3,(H2,19,20);5,7H,3-4H2,1-2H3,(H,8,9);;/q;;+1;-1/b10-9-;;;. The molecule has 6 nitrogen and oxygen atoms in total. The van der Waals surface area contributed by atoms with Gasteiger partial charge in [0.2, 0.25) is 5.91 Å². The molecular formula is C24H49N2NaO4. The molecule has 0 fully saturated rings. The first-order valence-corrected chi connectivity index (χ1v) is 12.0. The Morgan fingerprint density at radius 3 is 1.87 bits per heavy atom. The number of hydroxylamine groups is 1. The van der Waals surface area contributed by atoms with E-state index in [1.54, 1.807) is 0 Å². The van der Waals surface area contributed by atoms with Gasteiger partial charge < -0.3 is 12.3 Å². The van der Waals surface area contributed by atoms with E-state index in [4.69, 9.17) is 15.7 Å². The second-order valence-electron chi connectivity index (χ2n) is 7.85. The number of aliphatic carboxylic acids is 1. The Morgan fingerprint density at radius 1 is 0.935 bits per heavy atom. The van der Waals surface area contributed by atoms with Crippen LogP contribution < -0.4 is 40.8 Å². The number of carboxylic acid groups (broad SMARTS) is 1. The number of carbonyl (C=O) groups excluding carboxylic acids is 1. The number of unbranched alkanes of at least 4 members (excludes halogenated alkanes) is 11. The normalized spacial score (nSPS) is 11.5. The molecule has 0 spiro atoms. The second-order valence-corrected chi connectivity index (χ2v) is 7.85. The van der Waals surface area contributed by atoms with Crippen LogP contribution in [-0.2, 0) is 14.4 Å². The Bertz CT molecular complexity index is 427. The van der Waals surface area contributed by atoms with Gasteiger partial charge in [0.1, 0.15) is 6.54 Å². The maximum Gasteiger partial charge on any atom is 1.00 e. The Kier molecular flexibility index (Phi) is 33.6. The number of carbonyl (C=O) groups is 2. The van der Waals surface area contributed by atoms with Crippen LogP contribution in [0.15, 0.2) is 12.2 Å². The van der Waals surface area contributed by atoms with Crippen LogP contribution in [0, 0.1) is 0 Å². The van der Waals surface area contributed by atoms with Gasteiger partial charge in [0.05, 0.1) is 6.10 Å². The Morgan fingerprint density at radius 2 is 1.42 bits per heavy atom. The fourth-order valence-corrected chi connectivity index (χ4v) is 2.70. The van der Waals surface area contributed by atoms with Gasteiger partial charge in [0, 0.05) is 6.42 Å². The molecule has 180 valence electrons. The van der Waals surface area contributed by atoms with E-state index in [0.717, 1.165) is 19.3 Å². The van der Waals surface area contributed by atoms with Crippen molar-refractivity contribution >= 4 is 11.9 Å². The predicted molar refractivity (Wildman–Crippen MR) is 126 cm³/mol. The van der Waals surface area contributed by atoms with Crippen molar-refractivity contribution in [3.05, 3.63) is 12.2 Å². The number of amides is 1. The van der Waals surface area contributed by atoms with Gasteiger partial charge in [0.25, 0.3) is 0 Å². The molecule has 0 saturated carbocycles. The van der Waals surface area contributed by atoms with E-state index in [9.17, 15) is 9.59 Å². The molecule has 1 unspecified atom stereocenters. The zero-order chi connectivity index (χ0) is 22.9. The van der Waals surface area contributed by atoms with E-state index < -0.39 is 5.97 Å². The summed E-state index contributed by atoms with van der Waals surface area (Å²) in [7, 11) is 0. The summed E-state index contributed by atoms with van der Waals surface area (Å²) in [5.41, 5.74) is 7.43. The van der Waals surface area contributed by atoms with Crippen molar-refractivity contribution in [2.24, 2.45) is 5.73 Å². The third-order valence-electron chi connectivity index (χ3n) is 4.77. The summed E-state index contributed by atoms with van der Waals surface area (Å²) in [6.45, 7) is 5.95. The molecule has 1 amide bonds. The van der Waals surface area contributed by atoms with Crippen molar-refractivity contribution in [1.82, 2.24) is 5.48 Å². The molecule has 0 aliphatic heterocycles. The van der Waals surface area contributed by atoms with E-state index in [1.807, 2.05) is 13.8 Å². The summed E-state index contributed by atoms with van der Waals surface area (Å²) in [6.07, 6.45) is 22.9. The SMILES string of the molecule is CCC(C)ONCC(=O)O.CCCCCCCC/C=C\CCCCCCCC(N)=O.[H-].[Na+]. The monoisotopic (exact) mass is 452 g/mol. The van der Waals surface area contributed by atoms with E-state index in [1.165, 1.54) is 70.6 Å². The Balaban J connectivity index is -0.000000279. The summed E-state index contributed by atoms with van der Waals surface area (Å²) < 4.78 is 0. The van der Waals surface area contributed by atoms with Crippen LogP contribution >= 0.6 is 0 Å². The average Bonchev–Trinajstić information content (AvgIpc) is 2.70. The number of primary amides is 1. The molecule has 7 heteroatoms. The van der Waals surface area contributed by atoms with Crippen molar-refractivity contribution < 1.29 is 50.5 Å². The van der Waals surface area contributed by atoms with Gasteiger partial charge in [-0.25, -0.2) is 0 Å². The minimum atomic E-state index is -0.914. The summed E-state index contributed by atoms with van der Waals surface area (Å²) in [4.78, 5) is 25.3. The Hall–Kier alpha value is -0.400. The Labute approximate surface area is 214 Å². The smallest absolute Gasteiger partial charge is 1.00 e. The van der Waals surface area contributed by atoms with E-state index in [-0.39, 0.29) is 49.5 Å². The van der Waals surface area contributed by atoms with Crippen LogP contribution in [0.5, 0.6) is 0 Å². The number of rotatable bonds is 20. The minimum Gasteiger partial charge on any atom is -1.00 e. The van der Waals surface area contributed by atoms with Gasteiger partial charge in [-0.2, -0.15) is 5.48 Å². The molecule has 0 rings (SSSR count). The van der Waals surface area contributed by atoms with Crippen molar-refractivity contribution in [1.29, 1.82) is 0 Å². The molecule has 0 aromatic carbocycles. The topological polar surface area (TPSA) is 102 Å². The van der Waals surface area contributed by atoms with Crippen molar-refractivity contribution in [2.75, 3.05) is 6.54 Å². The van der Waals surface area contributed by atoms with Crippen LogP contribution in [0.3, 0.4) is 0 Å². The quantitative estimate of drug-likeness (QED) is 0.114. The first-order chi connectivity index (χ1) is 14.4. The molecule has 4 N–H and O–H groups in total. The molecule has 1 atom stereocenters. The third kappa shape index (κ3) is 37.3. The third-order valence-corrected chi connectivity index (χ3v) is 4.77. The fraction of sp³-hybridized carbons (Fsp3) is 0.833. The minimum absolute atomic E-state index is 0. The van der Waals surface area contributed by atoms with Gasteiger partial charge >= 0.3 is 35.5 Å². The number of allylic oxidation sites excluding steroid dienone is 2. The average molecular weight is 453 g/mol. The van der Waals surface area contributed by atoms with Crippen LogP contribution in [0.4, 0.5) is 0 Å². The van der Waals surface area contributed by atoms with E-state index in [2.05, 4.69) is 24.6 Å². The van der Waals surface area contributed by atoms with Crippen molar-refractivity contribution in [3.8, 4) is 0 Å². The van der Waals surface area contributed by atoms with Gasteiger partial charge in [-0.3, -0.25) is 14.4 Å². The predicted octanol–water partition coefficient (Wildman–Crippen LogP) is 3.02. The van der Waals surface area contributed by atoms with Gasteiger partial charge in [-0.05, 0) is 45.4 Å². The van der Waals surface area contributed by atoms with E-state index in [0.29, 0.717) is 6.42 Å². The molecule has 0 radical (unpaired) electrons. The molecule has 0 aliphatic carbocycles. The molecular weight excluding hydrogens is 403 g/mol. The zero-order valence-corrected chi connectivity index (χ0v) is 22.8. The number of hydrogen-bond donors (Lipinski definition) is 3. The largest absolute Gasteiger partial charge is 1.00 e. The van der Waals surface area contributed by atoms with Gasteiger partial charge in [-0.1, -0.05) is 77.4 Å². The molecule has 0 bridgehead atoms. The maximum absolute atomic E-state index is 10.5. The van der Waals surface area contributed by atoms with Crippen molar-refractivity contribution in [2.45, 2.75) is 123 Å². The number of nitrogens with one attached hydrogen (secondary N) is 1. The maximum atomic E-state index is 10.5. The fourth-order valence-electron chi connectivity index (χ4n) is 2.70. The molecule has 0 aromatic heterocycles. The number of nitrogens with two attached hydrogens (primary N) is 1. The molecule has 0 aliphatic rings. The first kappa shape index (κ1) is 35.2. The van der Waals surface area contributed by atoms with Gasteiger partial charge in [0.15, 0.2) is 0 Å². The van der Waals surface area contributed by atoms with Crippen LogP contribution in [0.25, 0.3) is 0 Å². The molecule has 0 aromatic rings. The van der Waals surface area contributed by atoms with E-state index >= 15 is 0 Å².